The Morgan fingerprint density at radius 1 is 1.32 bits per heavy atom. The minimum absolute atomic E-state index is 0.0743. The predicted molar refractivity (Wildman–Crippen MR) is 84.3 cm³/mol. The Balaban J connectivity index is 2.36. The highest BCUT2D eigenvalue weighted by molar-refractivity contribution is 9.10. The molecule has 22 heavy (non-hydrogen) atoms. The highest BCUT2D eigenvalue weighted by atomic mass is 79.9. The Hall–Kier alpha value is -2.41. The summed E-state index contributed by atoms with van der Waals surface area (Å²) in [5.41, 5.74) is 1.56. The summed E-state index contributed by atoms with van der Waals surface area (Å²) in [6.45, 7) is 2.24. The number of nitrogens with zero attached hydrogens (tertiary/aromatic N) is 3. The molecule has 0 radical (unpaired) electrons. The Labute approximate surface area is 134 Å². The van der Waals surface area contributed by atoms with Crippen molar-refractivity contribution in [3.63, 3.8) is 0 Å². The van der Waals surface area contributed by atoms with E-state index in [4.69, 9.17) is 4.74 Å². The van der Waals surface area contributed by atoms with Crippen molar-refractivity contribution in [2.24, 2.45) is 0 Å². The zero-order valence-electron chi connectivity index (χ0n) is 11.7. The molecule has 0 aliphatic rings. The minimum Gasteiger partial charge on any atom is -0.476 e. The number of fused-ring (bicyclic) bond motifs is 1. The molecular weight excluding hydrogens is 350 g/mol. The zero-order chi connectivity index (χ0) is 15.7. The summed E-state index contributed by atoms with van der Waals surface area (Å²) in [7, 11) is 0. The summed E-state index contributed by atoms with van der Waals surface area (Å²) in [5, 5.41) is 9.59. The molecule has 6 nitrogen and oxygen atoms in total. The molecule has 0 aliphatic carbocycles. The maximum Gasteiger partial charge on any atom is 0.355 e. The Morgan fingerprint density at radius 2 is 2.05 bits per heavy atom. The molecule has 2 aromatic heterocycles. The average Bonchev–Trinajstić information content (AvgIpc) is 2.88. The van der Waals surface area contributed by atoms with Gasteiger partial charge < -0.3 is 9.84 Å². The average molecular weight is 362 g/mol. The number of aromatic nitrogens is 3. The van der Waals surface area contributed by atoms with E-state index in [0.717, 1.165) is 5.56 Å². The van der Waals surface area contributed by atoms with Crippen molar-refractivity contribution in [1.82, 2.24) is 14.4 Å². The van der Waals surface area contributed by atoms with Crippen molar-refractivity contribution in [2.75, 3.05) is 6.61 Å². The normalized spacial score (nSPS) is 10.8. The van der Waals surface area contributed by atoms with Crippen molar-refractivity contribution in [2.45, 2.75) is 6.92 Å². The fourth-order valence-electron chi connectivity index (χ4n) is 2.23. The van der Waals surface area contributed by atoms with Gasteiger partial charge in [0.1, 0.15) is 10.3 Å². The molecule has 3 aromatic rings. The summed E-state index contributed by atoms with van der Waals surface area (Å²) in [6, 6.07) is 9.17. The molecule has 3 rings (SSSR count). The summed E-state index contributed by atoms with van der Waals surface area (Å²) < 4.78 is 7.42. The van der Waals surface area contributed by atoms with Gasteiger partial charge in [-0.3, -0.25) is 4.40 Å². The van der Waals surface area contributed by atoms with Crippen LogP contribution in [0.3, 0.4) is 0 Å². The number of carboxylic acid groups (broad SMARTS) is 1. The first-order chi connectivity index (χ1) is 10.6. The van der Waals surface area contributed by atoms with Crippen molar-refractivity contribution >= 4 is 27.5 Å². The first-order valence-electron chi connectivity index (χ1n) is 6.62. The van der Waals surface area contributed by atoms with Gasteiger partial charge in [-0.25, -0.2) is 14.8 Å². The summed E-state index contributed by atoms with van der Waals surface area (Å²) in [5.74, 6) is -0.770. The van der Waals surface area contributed by atoms with Crippen LogP contribution in [-0.4, -0.2) is 32.1 Å². The van der Waals surface area contributed by atoms with Crippen LogP contribution in [-0.2, 0) is 0 Å². The van der Waals surface area contributed by atoms with Crippen LogP contribution in [0.1, 0.15) is 17.4 Å². The molecule has 0 bridgehead atoms. The number of hydrogen-bond acceptors (Lipinski definition) is 4. The summed E-state index contributed by atoms with van der Waals surface area (Å²) in [4.78, 5) is 20.4. The van der Waals surface area contributed by atoms with E-state index in [9.17, 15) is 9.90 Å². The second-order valence-corrected chi connectivity index (χ2v) is 5.29. The largest absolute Gasteiger partial charge is 0.476 e. The predicted octanol–water partition coefficient (Wildman–Crippen LogP) is 3.26. The number of imidazole rings is 1. The number of carboxylic acids is 1. The van der Waals surface area contributed by atoms with E-state index < -0.39 is 5.97 Å². The maximum atomic E-state index is 11.7. The summed E-state index contributed by atoms with van der Waals surface area (Å²) >= 11 is 3.27. The third-order valence-electron chi connectivity index (χ3n) is 3.08. The number of halogens is 1. The highest BCUT2D eigenvalue weighted by Gasteiger charge is 2.23. The molecule has 0 aliphatic heterocycles. The van der Waals surface area contributed by atoms with Crippen molar-refractivity contribution in [1.29, 1.82) is 0 Å². The van der Waals surface area contributed by atoms with Crippen LogP contribution >= 0.6 is 15.9 Å². The SMILES string of the molecule is CCOc1nc(Br)cn2c(C(=O)O)c(-c3ccccc3)nc12. The van der Waals surface area contributed by atoms with Gasteiger partial charge in [0.25, 0.3) is 5.88 Å². The van der Waals surface area contributed by atoms with Gasteiger partial charge in [0.2, 0.25) is 5.65 Å². The van der Waals surface area contributed by atoms with Gasteiger partial charge in [-0.2, -0.15) is 0 Å². The fourth-order valence-corrected chi connectivity index (χ4v) is 2.59. The number of ether oxygens (including phenoxy) is 1. The maximum absolute atomic E-state index is 11.7. The lowest BCUT2D eigenvalue weighted by Crippen LogP contribution is -2.05. The molecule has 0 saturated carbocycles. The molecule has 0 saturated heterocycles. The summed E-state index contributed by atoms with van der Waals surface area (Å²) in [6.07, 6.45) is 1.57. The van der Waals surface area contributed by atoms with E-state index >= 15 is 0 Å². The molecule has 0 spiro atoms. The van der Waals surface area contributed by atoms with Gasteiger partial charge >= 0.3 is 5.97 Å². The molecular formula is C15H12BrN3O3. The molecule has 1 aromatic carbocycles. The third-order valence-corrected chi connectivity index (χ3v) is 3.46. The van der Waals surface area contributed by atoms with Gasteiger partial charge in [-0.1, -0.05) is 30.3 Å². The molecule has 7 heteroatoms. The van der Waals surface area contributed by atoms with Crippen LogP contribution in [0.15, 0.2) is 41.1 Å². The lowest BCUT2D eigenvalue weighted by atomic mass is 10.1. The van der Waals surface area contributed by atoms with Gasteiger partial charge in [0.15, 0.2) is 5.69 Å². The van der Waals surface area contributed by atoms with Crippen LogP contribution in [0.25, 0.3) is 16.9 Å². The van der Waals surface area contributed by atoms with Gasteiger partial charge in [-0.15, -0.1) is 0 Å². The standard InChI is InChI=1S/C15H12BrN3O3/c1-2-22-14-13-18-11(9-6-4-3-5-7-9)12(15(20)21)19(13)8-10(16)17-14/h3-8H,2H2,1H3,(H,20,21). The zero-order valence-corrected chi connectivity index (χ0v) is 13.2. The monoisotopic (exact) mass is 361 g/mol. The van der Waals surface area contributed by atoms with Crippen LogP contribution < -0.4 is 4.74 Å². The lowest BCUT2D eigenvalue weighted by Gasteiger charge is -2.05. The number of benzene rings is 1. The van der Waals surface area contributed by atoms with Gasteiger partial charge in [0.05, 0.1) is 6.61 Å². The Bertz CT molecular complexity index is 846. The lowest BCUT2D eigenvalue weighted by molar-refractivity contribution is 0.0690. The first-order valence-corrected chi connectivity index (χ1v) is 7.41. The van der Waals surface area contributed by atoms with Crippen LogP contribution in [0, 0.1) is 0 Å². The quantitative estimate of drug-likeness (QED) is 0.771. The molecule has 112 valence electrons. The Morgan fingerprint density at radius 3 is 2.68 bits per heavy atom. The number of carbonyl (C=O) groups is 1. The molecule has 0 amide bonds. The van der Waals surface area contributed by atoms with E-state index in [2.05, 4.69) is 25.9 Å². The molecule has 1 N–H and O–H groups in total. The van der Waals surface area contributed by atoms with E-state index in [1.54, 1.807) is 6.20 Å². The second kappa shape index (κ2) is 5.76. The molecule has 0 fully saturated rings. The number of hydrogen-bond donors (Lipinski definition) is 1. The fraction of sp³-hybridized carbons (Fsp3) is 0.133. The number of rotatable bonds is 4. The van der Waals surface area contributed by atoms with E-state index in [1.807, 2.05) is 37.3 Å². The third kappa shape index (κ3) is 2.43. The van der Waals surface area contributed by atoms with E-state index in [-0.39, 0.29) is 5.69 Å². The minimum atomic E-state index is -1.06. The van der Waals surface area contributed by atoms with Crippen molar-refractivity contribution in [3.05, 3.63) is 46.8 Å². The van der Waals surface area contributed by atoms with Crippen LogP contribution in [0.5, 0.6) is 5.88 Å². The molecule has 2 heterocycles. The highest BCUT2D eigenvalue weighted by Crippen LogP contribution is 2.29. The second-order valence-electron chi connectivity index (χ2n) is 4.48. The smallest absolute Gasteiger partial charge is 0.355 e. The first kappa shape index (κ1) is 14.5. The van der Waals surface area contributed by atoms with Gasteiger partial charge in [-0.05, 0) is 22.9 Å². The van der Waals surface area contributed by atoms with Crippen molar-refractivity contribution in [3.8, 4) is 17.1 Å². The van der Waals surface area contributed by atoms with Crippen molar-refractivity contribution < 1.29 is 14.6 Å². The molecule has 0 unspecified atom stereocenters. The van der Waals surface area contributed by atoms with Crippen LogP contribution in [0.2, 0.25) is 0 Å². The van der Waals surface area contributed by atoms with E-state index in [1.165, 1.54) is 4.40 Å². The van der Waals surface area contributed by atoms with Gasteiger partial charge in [0, 0.05) is 11.8 Å². The molecule has 0 atom stereocenters. The number of aromatic carboxylic acids is 1. The topological polar surface area (TPSA) is 76.7 Å². The van der Waals surface area contributed by atoms with E-state index in [0.29, 0.717) is 28.4 Å². The van der Waals surface area contributed by atoms with Crippen LogP contribution in [0.4, 0.5) is 0 Å². The Kier molecular flexibility index (Phi) is 3.81.